The van der Waals surface area contributed by atoms with Crippen LogP contribution in [0.2, 0.25) is 0 Å². The SMILES string of the molecule is O=S(=O)(NC1CC1)c1c(F)cc(F)cc1C#CCO. The zero-order valence-electron chi connectivity index (χ0n) is 9.78. The van der Waals surface area contributed by atoms with Crippen LogP contribution in [0.5, 0.6) is 0 Å². The summed E-state index contributed by atoms with van der Waals surface area (Å²) < 4.78 is 53.1. The highest BCUT2D eigenvalue weighted by atomic mass is 32.2. The molecule has 1 aliphatic rings. The van der Waals surface area contributed by atoms with Crippen LogP contribution in [0.4, 0.5) is 8.78 Å². The lowest BCUT2D eigenvalue weighted by Crippen LogP contribution is -2.27. The van der Waals surface area contributed by atoms with Gasteiger partial charge in [0.2, 0.25) is 10.0 Å². The first kappa shape index (κ1) is 13.9. The number of sulfonamides is 1. The normalized spacial score (nSPS) is 14.9. The van der Waals surface area contributed by atoms with E-state index in [4.69, 9.17) is 5.11 Å². The number of aliphatic hydroxyl groups excluding tert-OH is 1. The monoisotopic (exact) mass is 287 g/mol. The van der Waals surface area contributed by atoms with E-state index in [0.717, 1.165) is 6.07 Å². The van der Waals surface area contributed by atoms with Crippen molar-refractivity contribution in [1.29, 1.82) is 0 Å². The maximum atomic E-state index is 13.7. The van der Waals surface area contributed by atoms with Crippen molar-refractivity contribution in [2.45, 2.75) is 23.8 Å². The van der Waals surface area contributed by atoms with Crippen LogP contribution in [0.15, 0.2) is 17.0 Å². The summed E-state index contributed by atoms with van der Waals surface area (Å²) in [6.45, 7) is -0.534. The average Bonchev–Trinajstić information content (AvgIpc) is 3.07. The Bertz CT molecular complexity index is 658. The van der Waals surface area contributed by atoms with Gasteiger partial charge in [-0.15, -0.1) is 0 Å². The van der Waals surface area contributed by atoms with Crippen LogP contribution in [0, 0.1) is 23.5 Å². The molecule has 19 heavy (non-hydrogen) atoms. The second kappa shape index (κ2) is 5.25. The largest absolute Gasteiger partial charge is 0.384 e. The number of hydrogen-bond acceptors (Lipinski definition) is 3. The molecule has 1 aromatic rings. The molecular weight excluding hydrogens is 276 g/mol. The third kappa shape index (κ3) is 3.29. The highest BCUT2D eigenvalue weighted by Gasteiger charge is 2.31. The molecule has 0 unspecified atom stereocenters. The van der Waals surface area contributed by atoms with Crippen molar-refractivity contribution in [2.24, 2.45) is 0 Å². The van der Waals surface area contributed by atoms with Gasteiger partial charge in [0, 0.05) is 12.1 Å². The number of rotatable bonds is 3. The van der Waals surface area contributed by atoms with Gasteiger partial charge in [-0.1, -0.05) is 11.8 Å². The second-order valence-corrected chi connectivity index (χ2v) is 5.77. The summed E-state index contributed by atoms with van der Waals surface area (Å²) in [4.78, 5) is -0.679. The lowest BCUT2D eigenvalue weighted by Gasteiger charge is -2.09. The molecule has 0 aliphatic heterocycles. The van der Waals surface area contributed by atoms with E-state index >= 15 is 0 Å². The first-order valence-electron chi connectivity index (χ1n) is 5.55. The first-order valence-corrected chi connectivity index (χ1v) is 7.03. The Kier molecular flexibility index (Phi) is 3.85. The molecule has 2 N–H and O–H groups in total. The van der Waals surface area contributed by atoms with Crippen molar-refractivity contribution in [2.75, 3.05) is 6.61 Å². The van der Waals surface area contributed by atoms with Gasteiger partial charge in [-0.25, -0.2) is 21.9 Å². The second-order valence-electron chi connectivity index (χ2n) is 4.12. The Balaban J connectivity index is 2.53. The predicted molar refractivity (Wildman–Crippen MR) is 63.7 cm³/mol. The minimum absolute atomic E-state index is 0.201. The minimum Gasteiger partial charge on any atom is -0.384 e. The van der Waals surface area contributed by atoms with E-state index in [2.05, 4.69) is 16.6 Å². The average molecular weight is 287 g/mol. The van der Waals surface area contributed by atoms with Crippen LogP contribution in [0.3, 0.4) is 0 Å². The Morgan fingerprint density at radius 2 is 2.05 bits per heavy atom. The molecule has 102 valence electrons. The van der Waals surface area contributed by atoms with E-state index in [9.17, 15) is 17.2 Å². The number of aliphatic hydroxyl groups is 1. The highest BCUT2D eigenvalue weighted by Crippen LogP contribution is 2.25. The van der Waals surface area contributed by atoms with Crippen molar-refractivity contribution in [3.8, 4) is 11.8 Å². The fourth-order valence-electron chi connectivity index (χ4n) is 1.54. The molecule has 1 aromatic carbocycles. The minimum atomic E-state index is -4.08. The summed E-state index contributed by atoms with van der Waals surface area (Å²) in [6.07, 6.45) is 1.39. The highest BCUT2D eigenvalue weighted by molar-refractivity contribution is 7.89. The summed E-state index contributed by atoms with van der Waals surface area (Å²) in [5.41, 5.74) is -0.306. The Hall–Kier alpha value is -1.49. The zero-order valence-corrected chi connectivity index (χ0v) is 10.6. The predicted octanol–water partition coefficient (Wildman–Crippen LogP) is 0.749. The molecule has 1 saturated carbocycles. The van der Waals surface area contributed by atoms with E-state index in [1.807, 2.05) is 0 Å². The Morgan fingerprint density at radius 3 is 2.63 bits per heavy atom. The molecule has 0 bridgehead atoms. The van der Waals surface area contributed by atoms with Gasteiger partial charge in [-0.05, 0) is 18.9 Å². The number of hydrogen-bond donors (Lipinski definition) is 2. The van der Waals surface area contributed by atoms with Gasteiger partial charge in [-0.2, -0.15) is 0 Å². The third-order valence-corrected chi connectivity index (χ3v) is 4.07. The van der Waals surface area contributed by atoms with E-state index in [1.165, 1.54) is 0 Å². The number of nitrogens with one attached hydrogen (secondary N) is 1. The van der Waals surface area contributed by atoms with Gasteiger partial charge in [0.05, 0.1) is 5.56 Å². The molecule has 1 fully saturated rings. The van der Waals surface area contributed by atoms with Crippen molar-refractivity contribution >= 4 is 10.0 Å². The van der Waals surface area contributed by atoms with Crippen molar-refractivity contribution in [3.63, 3.8) is 0 Å². The summed E-state index contributed by atoms with van der Waals surface area (Å²) in [5.74, 6) is 2.30. The Morgan fingerprint density at radius 1 is 1.37 bits per heavy atom. The van der Waals surface area contributed by atoms with Crippen LogP contribution >= 0.6 is 0 Å². The lowest BCUT2D eigenvalue weighted by molar-refractivity contribution is 0.350. The van der Waals surface area contributed by atoms with Gasteiger partial charge < -0.3 is 5.11 Å². The van der Waals surface area contributed by atoms with Gasteiger partial charge in [0.1, 0.15) is 23.1 Å². The molecule has 7 heteroatoms. The standard InChI is InChI=1S/C12H11F2NO3S/c13-9-6-8(2-1-5-16)12(11(14)7-9)19(17,18)15-10-3-4-10/h6-7,10,15-16H,3-5H2. The topological polar surface area (TPSA) is 66.4 Å². The van der Waals surface area contributed by atoms with Gasteiger partial charge in [0.15, 0.2) is 0 Å². The van der Waals surface area contributed by atoms with E-state index < -0.39 is 33.2 Å². The smallest absolute Gasteiger partial charge is 0.244 e. The van der Waals surface area contributed by atoms with E-state index in [-0.39, 0.29) is 11.6 Å². The maximum Gasteiger partial charge on any atom is 0.244 e. The third-order valence-electron chi connectivity index (χ3n) is 2.48. The van der Waals surface area contributed by atoms with Gasteiger partial charge in [0.25, 0.3) is 0 Å². The molecule has 4 nitrogen and oxygen atoms in total. The first-order chi connectivity index (χ1) is 8.94. The van der Waals surface area contributed by atoms with Crippen LogP contribution in [0.25, 0.3) is 0 Å². The fraction of sp³-hybridized carbons (Fsp3) is 0.333. The molecule has 0 spiro atoms. The summed E-state index contributed by atoms with van der Waals surface area (Å²) in [6, 6.07) is 1.12. The van der Waals surface area contributed by atoms with Gasteiger partial charge in [-0.3, -0.25) is 0 Å². The van der Waals surface area contributed by atoms with Crippen LogP contribution < -0.4 is 4.72 Å². The summed E-state index contributed by atoms with van der Waals surface area (Å²) in [7, 11) is -4.08. The van der Waals surface area contributed by atoms with Crippen LogP contribution in [0.1, 0.15) is 18.4 Å². The molecule has 0 amide bonds. The van der Waals surface area contributed by atoms with Crippen molar-refractivity contribution in [1.82, 2.24) is 4.72 Å². The van der Waals surface area contributed by atoms with Crippen molar-refractivity contribution in [3.05, 3.63) is 29.3 Å². The van der Waals surface area contributed by atoms with E-state index in [0.29, 0.717) is 18.9 Å². The summed E-state index contributed by atoms with van der Waals surface area (Å²) >= 11 is 0. The Labute approximate surface area is 109 Å². The molecule has 0 heterocycles. The molecule has 0 radical (unpaired) electrons. The molecular formula is C12H11F2NO3S. The number of halogens is 2. The maximum absolute atomic E-state index is 13.7. The van der Waals surface area contributed by atoms with Gasteiger partial charge >= 0.3 is 0 Å². The van der Waals surface area contributed by atoms with Crippen LogP contribution in [-0.2, 0) is 10.0 Å². The van der Waals surface area contributed by atoms with Crippen LogP contribution in [-0.4, -0.2) is 26.2 Å². The van der Waals surface area contributed by atoms with E-state index in [1.54, 1.807) is 0 Å². The summed E-state index contributed by atoms with van der Waals surface area (Å²) in [5, 5.41) is 8.59. The van der Waals surface area contributed by atoms with Crippen molar-refractivity contribution < 1.29 is 22.3 Å². The fourth-order valence-corrected chi connectivity index (χ4v) is 3.05. The molecule has 0 saturated heterocycles. The number of benzene rings is 1. The molecule has 2 rings (SSSR count). The quantitative estimate of drug-likeness (QED) is 0.806. The lowest BCUT2D eigenvalue weighted by atomic mass is 10.2. The molecule has 1 aliphatic carbocycles. The molecule has 0 aromatic heterocycles. The molecule has 0 atom stereocenters. The zero-order chi connectivity index (χ0) is 14.0.